The zero-order valence-electron chi connectivity index (χ0n) is 12.9. The van der Waals surface area contributed by atoms with Gasteiger partial charge in [0.15, 0.2) is 0 Å². The molecular formula is C19H25NS. The van der Waals surface area contributed by atoms with Crippen molar-refractivity contribution in [3.8, 4) is 10.4 Å². The standard InChI is InChI=1S/C19H25NS/c1-2-19(12-6-7-13-19)15-20-14-17-10-11-18(21-17)16-8-4-3-5-9-16/h3-5,8-11,20H,2,6-7,12-15H2,1H3. The van der Waals surface area contributed by atoms with Crippen LogP contribution in [0.2, 0.25) is 0 Å². The van der Waals surface area contributed by atoms with Gasteiger partial charge in [-0.15, -0.1) is 11.3 Å². The van der Waals surface area contributed by atoms with Crippen LogP contribution in [0.4, 0.5) is 0 Å². The monoisotopic (exact) mass is 299 g/mol. The van der Waals surface area contributed by atoms with Crippen LogP contribution in [0, 0.1) is 5.41 Å². The van der Waals surface area contributed by atoms with Crippen LogP contribution in [0.3, 0.4) is 0 Å². The molecule has 0 bridgehead atoms. The summed E-state index contributed by atoms with van der Waals surface area (Å²) in [6.45, 7) is 4.55. The zero-order chi connectivity index (χ0) is 14.5. The van der Waals surface area contributed by atoms with E-state index in [0.717, 1.165) is 6.54 Å². The Bertz CT molecular complexity index is 552. The molecule has 1 aliphatic carbocycles. The van der Waals surface area contributed by atoms with Crippen molar-refractivity contribution in [2.45, 2.75) is 45.6 Å². The Morgan fingerprint density at radius 3 is 2.52 bits per heavy atom. The number of hydrogen-bond acceptors (Lipinski definition) is 2. The minimum Gasteiger partial charge on any atom is -0.311 e. The van der Waals surface area contributed by atoms with E-state index in [1.54, 1.807) is 0 Å². The Hall–Kier alpha value is -1.12. The third kappa shape index (κ3) is 3.56. The summed E-state index contributed by atoms with van der Waals surface area (Å²) in [5.74, 6) is 0. The van der Waals surface area contributed by atoms with Crippen LogP contribution in [0.5, 0.6) is 0 Å². The van der Waals surface area contributed by atoms with Gasteiger partial charge in [-0.25, -0.2) is 0 Å². The lowest BCUT2D eigenvalue weighted by Crippen LogP contribution is -2.31. The largest absolute Gasteiger partial charge is 0.311 e. The third-order valence-electron chi connectivity index (χ3n) is 4.93. The lowest BCUT2D eigenvalue weighted by molar-refractivity contribution is 0.268. The molecule has 2 aromatic rings. The van der Waals surface area contributed by atoms with E-state index in [0.29, 0.717) is 5.41 Å². The Kier molecular flexibility index (Phi) is 4.77. The predicted molar refractivity (Wildman–Crippen MR) is 92.7 cm³/mol. The summed E-state index contributed by atoms with van der Waals surface area (Å²) >= 11 is 1.91. The minimum atomic E-state index is 0.583. The van der Waals surface area contributed by atoms with Gasteiger partial charge in [-0.1, -0.05) is 50.1 Å². The highest BCUT2D eigenvalue weighted by atomic mass is 32.1. The maximum Gasteiger partial charge on any atom is 0.0346 e. The van der Waals surface area contributed by atoms with E-state index in [1.807, 2.05) is 11.3 Å². The average Bonchev–Trinajstić information content (AvgIpc) is 3.18. The topological polar surface area (TPSA) is 12.0 Å². The second-order valence-corrected chi connectivity index (χ2v) is 7.46. The number of rotatable bonds is 6. The van der Waals surface area contributed by atoms with E-state index < -0.39 is 0 Å². The van der Waals surface area contributed by atoms with Gasteiger partial charge in [-0.2, -0.15) is 0 Å². The molecule has 1 nitrogen and oxygen atoms in total. The maximum atomic E-state index is 3.71. The van der Waals surface area contributed by atoms with Crippen molar-refractivity contribution in [3.63, 3.8) is 0 Å². The highest BCUT2D eigenvalue weighted by Gasteiger charge is 2.31. The van der Waals surface area contributed by atoms with Gasteiger partial charge < -0.3 is 5.32 Å². The van der Waals surface area contributed by atoms with Crippen molar-refractivity contribution in [3.05, 3.63) is 47.3 Å². The normalized spacial score (nSPS) is 17.2. The van der Waals surface area contributed by atoms with E-state index >= 15 is 0 Å². The van der Waals surface area contributed by atoms with Gasteiger partial charge in [0.1, 0.15) is 0 Å². The van der Waals surface area contributed by atoms with Crippen molar-refractivity contribution in [2.75, 3.05) is 6.54 Å². The molecule has 1 fully saturated rings. The Morgan fingerprint density at radius 2 is 1.81 bits per heavy atom. The molecule has 0 saturated heterocycles. The van der Waals surface area contributed by atoms with Crippen molar-refractivity contribution in [1.29, 1.82) is 0 Å². The molecule has 0 aliphatic heterocycles. The first-order valence-electron chi connectivity index (χ1n) is 8.16. The Labute approximate surface area is 132 Å². The Balaban J connectivity index is 1.56. The minimum absolute atomic E-state index is 0.583. The lowest BCUT2D eigenvalue weighted by atomic mass is 9.83. The fraction of sp³-hybridized carbons (Fsp3) is 0.474. The smallest absolute Gasteiger partial charge is 0.0346 e. The van der Waals surface area contributed by atoms with Crippen LogP contribution in [-0.4, -0.2) is 6.54 Å². The van der Waals surface area contributed by atoms with Crippen LogP contribution in [0.15, 0.2) is 42.5 Å². The number of nitrogens with one attached hydrogen (secondary N) is 1. The van der Waals surface area contributed by atoms with Crippen LogP contribution >= 0.6 is 11.3 Å². The van der Waals surface area contributed by atoms with Gasteiger partial charge in [-0.05, 0) is 42.4 Å². The number of benzene rings is 1. The fourth-order valence-corrected chi connectivity index (χ4v) is 4.44. The molecule has 0 radical (unpaired) electrons. The first-order valence-corrected chi connectivity index (χ1v) is 8.98. The second-order valence-electron chi connectivity index (χ2n) is 6.30. The van der Waals surface area contributed by atoms with E-state index in [9.17, 15) is 0 Å². The lowest BCUT2D eigenvalue weighted by Gasteiger charge is -2.27. The van der Waals surface area contributed by atoms with Crippen molar-refractivity contribution in [1.82, 2.24) is 5.32 Å². The van der Waals surface area contributed by atoms with Crippen molar-refractivity contribution < 1.29 is 0 Å². The molecule has 1 aromatic carbocycles. The molecular weight excluding hydrogens is 274 g/mol. The molecule has 1 aliphatic rings. The molecule has 1 N–H and O–H groups in total. The highest BCUT2D eigenvalue weighted by Crippen LogP contribution is 2.40. The van der Waals surface area contributed by atoms with E-state index in [4.69, 9.17) is 0 Å². The number of thiophene rings is 1. The average molecular weight is 299 g/mol. The molecule has 1 saturated carbocycles. The van der Waals surface area contributed by atoms with E-state index in [2.05, 4.69) is 54.7 Å². The molecule has 0 spiro atoms. The summed E-state index contributed by atoms with van der Waals surface area (Å²) in [5, 5.41) is 3.71. The molecule has 0 atom stereocenters. The molecule has 2 heteroatoms. The SMILES string of the molecule is CCC1(CNCc2ccc(-c3ccccc3)s2)CCCC1. The summed E-state index contributed by atoms with van der Waals surface area (Å²) in [6.07, 6.45) is 6.99. The van der Waals surface area contributed by atoms with Crippen molar-refractivity contribution >= 4 is 11.3 Å². The molecule has 0 amide bonds. The third-order valence-corrected chi connectivity index (χ3v) is 6.07. The van der Waals surface area contributed by atoms with Gasteiger partial charge in [-0.3, -0.25) is 0 Å². The quantitative estimate of drug-likeness (QED) is 0.745. The molecule has 21 heavy (non-hydrogen) atoms. The molecule has 3 rings (SSSR count). The summed E-state index contributed by atoms with van der Waals surface area (Å²) in [4.78, 5) is 2.82. The number of hydrogen-bond donors (Lipinski definition) is 1. The van der Waals surface area contributed by atoms with Gasteiger partial charge in [0.25, 0.3) is 0 Å². The summed E-state index contributed by atoms with van der Waals surface area (Å²) in [7, 11) is 0. The van der Waals surface area contributed by atoms with Crippen LogP contribution < -0.4 is 5.32 Å². The molecule has 1 heterocycles. The van der Waals surface area contributed by atoms with Crippen LogP contribution in [0.25, 0.3) is 10.4 Å². The molecule has 1 aromatic heterocycles. The highest BCUT2D eigenvalue weighted by molar-refractivity contribution is 7.15. The van der Waals surface area contributed by atoms with Crippen LogP contribution in [0.1, 0.15) is 43.9 Å². The Morgan fingerprint density at radius 1 is 1.05 bits per heavy atom. The van der Waals surface area contributed by atoms with Crippen molar-refractivity contribution in [2.24, 2.45) is 5.41 Å². The van der Waals surface area contributed by atoms with Crippen LogP contribution in [-0.2, 0) is 6.54 Å². The second kappa shape index (κ2) is 6.76. The van der Waals surface area contributed by atoms with Gasteiger partial charge in [0, 0.05) is 22.8 Å². The van der Waals surface area contributed by atoms with Gasteiger partial charge in [0.2, 0.25) is 0 Å². The molecule has 0 unspecified atom stereocenters. The fourth-order valence-electron chi connectivity index (χ4n) is 3.46. The van der Waals surface area contributed by atoms with Gasteiger partial charge >= 0.3 is 0 Å². The summed E-state index contributed by atoms with van der Waals surface area (Å²) in [6, 6.07) is 15.2. The maximum absolute atomic E-state index is 3.71. The first kappa shape index (κ1) is 14.8. The first-order chi connectivity index (χ1) is 10.3. The van der Waals surface area contributed by atoms with E-state index in [-0.39, 0.29) is 0 Å². The summed E-state index contributed by atoms with van der Waals surface area (Å²) < 4.78 is 0. The van der Waals surface area contributed by atoms with Gasteiger partial charge in [0.05, 0.1) is 0 Å². The molecule has 112 valence electrons. The zero-order valence-corrected chi connectivity index (χ0v) is 13.7. The van der Waals surface area contributed by atoms with E-state index in [1.165, 1.54) is 54.0 Å². The summed E-state index contributed by atoms with van der Waals surface area (Å²) in [5.41, 5.74) is 1.91. The predicted octanol–water partition coefficient (Wildman–Crippen LogP) is 5.48.